The van der Waals surface area contributed by atoms with Gasteiger partial charge in [-0.15, -0.1) is 0 Å². The highest BCUT2D eigenvalue weighted by Crippen LogP contribution is 2.23. The largest absolute Gasteiger partial charge is 0.342 e. The zero-order chi connectivity index (χ0) is 14.2. The summed E-state index contributed by atoms with van der Waals surface area (Å²) < 4.78 is 25.0. The first-order valence-electron chi connectivity index (χ1n) is 7.01. The van der Waals surface area contributed by atoms with Gasteiger partial charge in [0.1, 0.15) is 9.84 Å². The van der Waals surface area contributed by atoms with Crippen LogP contribution in [0.2, 0.25) is 0 Å². The normalized spacial score (nSPS) is 15.8. The summed E-state index contributed by atoms with van der Waals surface area (Å²) >= 11 is 0. The second kappa shape index (κ2) is 5.22. The topological polar surface area (TPSA) is 51.1 Å². The van der Waals surface area contributed by atoms with Crippen LogP contribution in [0.5, 0.6) is 0 Å². The van der Waals surface area contributed by atoms with E-state index in [1.54, 1.807) is 0 Å². The van der Waals surface area contributed by atoms with Crippen LogP contribution in [0.15, 0.2) is 30.3 Å². The van der Waals surface area contributed by atoms with Crippen LogP contribution >= 0.6 is 0 Å². The maximum atomic E-state index is 11.4. The molecule has 1 aliphatic carbocycles. The third kappa shape index (κ3) is 3.22. The number of sulfone groups is 1. The van der Waals surface area contributed by atoms with Crippen LogP contribution in [0, 0.1) is 0 Å². The number of nitrogens with zero attached hydrogens (tertiary/aromatic N) is 1. The van der Waals surface area contributed by atoms with E-state index in [4.69, 9.17) is 0 Å². The minimum absolute atomic E-state index is 0.183. The van der Waals surface area contributed by atoms with Crippen LogP contribution in [-0.4, -0.2) is 31.0 Å². The quantitative estimate of drug-likeness (QED) is 0.885. The van der Waals surface area contributed by atoms with E-state index in [1.165, 1.54) is 30.2 Å². The first-order chi connectivity index (χ1) is 9.53. The lowest BCUT2D eigenvalue weighted by atomic mass is 10.2. The SMILES string of the molecule is CS(=O)(=O)CCn1c(CNC2CC2)cc2ccccc21. The predicted molar refractivity (Wildman–Crippen MR) is 81.5 cm³/mol. The molecule has 0 amide bonds. The molecular weight excluding hydrogens is 272 g/mol. The molecule has 20 heavy (non-hydrogen) atoms. The highest BCUT2D eigenvalue weighted by Gasteiger charge is 2.21. The Labute approximate surface area is 119 Å². The Morgan fingerprint density at radius 2 is 2.05 bits per heavy atom. The van der Waals surface area contributed by atoms with E-state index in [1.807, 2.05) is 12.1 Å². The highest BCUT2D eigenvalue weighted by molar-refractivity contribution is 7.90. The van der Waals surface area contributed by atoms with Crippen molar-refractivity contribution in [1.29, 1.82) is 0 Å². The maximum Gasteiger partial charge on any atom is 0.149 e. The number of nitrogens with one attached hydrogen (secondary N) is 1. The molecule has 0 radical (unpaired) electrons. The van der Waals surface area contributed by atoms with Crippen molar-refractivity contribution in [3.63, 3.8) is 0 Å². The molecule has 108 valence electrons. The number of aromatic nitrogens is 1. The second-order valence-electron chi connectivity index (χ2n) is 5.63. The van der Waals surface area contributed by atoms with Crippen LogP contribution in [0.4, 0.5) is 0 Å². The third-order valence-electron chi connectivity index (χ3n) is 3.73. The Hall–Kier alpha value is -1.33. The van der Waals surface area contributed by atoms with Gasteiger partial charge in [0.2, 0.25) is 0 Å². The van der Waals surface area contributed by atoms with Gasteiger partial charge in [0, 0.05) is 36.6 Å². The fourth-order valence-corrected chi connectivity index (χ4v) is 2.99. The molecule has 3 rings (SSSR count). The van der Waals surface area contributed by atoms with Crippen LogP contribution < -0.4 is 5.32 Å². The van der Waals surface area contributed by atoms with E-state index >= 15 is 0 Å². The van der Waals surface area contributed by atoms with Gasteiger partial charge in [-0.05, 0) is 30.4 Å². The summed E-state index contributed by atoms with van der Waals surface area (Å²) in [6.45, 7) is 1.33. The number of para-hydroxylation sites is 1. The first kappa shape index (κ1) is 13.6. The van der Waals surface area contributed by atoms with E-state index in [9.17, 15) is 8.42 Å². The van der Waals surface area contributed by atoms with Crippen molar-refractivity contribution in [1.82, 2.24) is 9.88 Å². The standard InChI is InChI=1S/C15H20N2O2S/c1-20(18,19)9-8-17-14(11-16-13-6-7-13)10-12-4-2-3-5-15(12)17/h2-5,10,13,16H,6-9,11H2,1H3. The van der Waals surface area contributed by atoms with Crippen LogP contribution in [-0.2, 0) is 22.9 Å². The maximum absolute atomic E-state index is 11.4. The van der Waals surface area contributed by atoms with E-state index < -0.39 is 9.84 Å². The molecule has 4 nitrogen and oxygen atoms in total. The summed E-state index contributed by atoms with van der Waals surface area (Å²) in [6.07, 6.45) is 3.80. The molecule has 1 saturated carbocycles. The number of aryl methyl sites for hydroxylation is 1. The van der Waals surface area contributed by atoms with E-state index in [0.29, 0.717) is 12.6 Å². The van der Waals surface area contributed by atoms with Gasteiger partial charge in [-0.3, -0.25) is 0 Å². The summed E-state index contributed by atoms with van der Waals surface area (Å²) in [4.78, 5) is 0. The molecule has 0 aliphatic heterocycles. The molecule has 1 aliphatic rings. The number of rotatable bonds is 6. The van der Waals surface area contributed by atoms with E-state index in [-0.39, 0.29) is 5.75 Å². The lowest BCUT2D eigenvalue weighted by molar-refractivity contribution is 0.590. The van der Waals surface area contributed by atoms with Crippen LogP contribution in [0.25, 0.3) is 10.9 Å². The molecule has 0 bridgehead atoms. The Kier molecular flexibility index (Phi) is 3.56. The Bertz CT molecular complexity index is 715. The Morgan fingerprint density at radius 1 is 1.30 bits per heavy atom. The van der Waals surface area contributed by atoms with Crippen molar-refractivity contribution in [3.8, 4) is 0 Å². The highest BCUT2D eigenvalue weighted by atomic mass is 32.2. The van der Waals surface area contributed by atoms with E-state index in [2.05, 4.69) is 28.1 Å². The van der Waals surface area contributed by atoms with Crippen LogP contribution in [0.3, 0.4) is 0 Å². The lowest BCUT2D eigenvalue weighted by Crippen LogP contribution is -2.20. The fourth-order valence-electron chi connectivity index (χ4n) is 2.47. The Balaban J connectivity index is 1.89. The summed E-state index contributed by atoms with van der Waals surface area (Å²) in [6, 6.07) is 11.0. The smallest absolute Gasteiger partial charge is 0.149 e. The van der Waals surface area contributed by atoms with E-state index in [0.717, 1.165) is 12.1 Å². The fraction of sp³-hybridized carbons (Fsp3) is 0.467. The number of hydrogen-bond donors (Lipinski definition) is 1. The van der Waals surface area contributed by atoms with Gasteiger partial charge in [0.25, 0.3) is 0 Å². The molecule has 0 spiro atoms. The average Bonchev–Trinajstić information content (AvgIpc) is 3.14. The second-order valence-corrected chi connectivity index (χ2v) is 7.89. The zero-order valence-electron chi connectivity index (χ0n) is 11.7. The van der Waals surface area contributed by atoms with Gasteiger partial charge >= 0.3 is 0 Å². The van der Waals surface area contributed by atoms with Crippen molar-refractivity contribution in [2.75, 3.05) is 12.0 Å². The Morgan fingerprint density at radius 3 is 2.75 bits per heavy atom. The van der Waals surface area contributed by atoms with Crippen molar-refractivity contribution in [2.24, 2.45) is 0 Å². The molecule has 5 heteroatoms. The predicted octanol–water partition coefficient (Wildman–Crippen LogP) is 1.94. The minimum atomic E-state index is -2.95. The lowest BCUT2D eigenvalue weighted by Gasteiger charge is -2.11. The molecule has 0 unspecified atom stereocenters. The number of fused-ring (bicyclic) bond motifs is 1. The molecule has 1 aromatic carbocycles. The van der Waals surface area contributed by atoms with Gasteiger partial charge in [-0.25, -0.2) is 8.42 Å². The summed E-state index contributed by atoms with van der Waals surface area (Å²) in [5.74, 6) is 0.183. The number of hydrogen-bond acceptors (Lipinski definition) is 3. The molecule has 2 aromatic rings. The number of benzene rings is 1. The summed E-state index contributed by atoms with van der Waals surface area (Å²) in [5.41, 5.74) is 2.28. The molecule has 0 atom stereocenters. The third-order valence-corrected chi connectivity index (χ3v) is 4.66. The van der Waals surface area contributed by atoms with Gasteiger partial charge in [-0.1, -0.05) is 18.2 Å². The van der Waals surface area contributed by atoms with Crippen molar-refractivity contribution in [2.45, 2.75) is 32.0 Å². The molecular formula is C15H20N2O2S. The molecule has 0 saturated heterocycles. The van der Waals surface area contributed by atoms with Crippen molar-refractivity contribution >= 4 is 20.7 Å². The first-order valence-corrected chi connectivity index (χ1v) is 9.07. The van der Waals surface area contributed by atoms with Crippen molar-refractivity contribution in [3.05, 3.63) is 36.0 Å². The summed E-state index contributed by atoms with van der Waals surface area (Å²) in [5, 5.41) is 4.68. The summed E-state index contributed by atoms with van der Waals surface area (Å²) in [7, 11) is -2.95. The van der Waals surface area contributed by atoms with Gasteiger partial charge < -0.3 is 9.88 Å². The van der Waals surface area contributed by atoms with Gasteiger partial charge in [0.05, 0.1) is 5.75 Å². The zero-order valence-corrected chi connectivity index (χ0v) is 12.5. The molecule has 1 fully saturated rings. The minimum Gasteiger partial charge on any atom is -0.342 e. The molecule has 1 N–H and O–H groups in total. The van der Waals surface area contributed by atoms with Crippen molar-refractivity contribution < 1.29 is 8.42 Å². The van der Waals surface area contributed by atoms with Crippen LogP contribution in [0.1, 0.15) is 18.5 Å². The van der Waals surface area contributed by atoms with Gasteiger partial charge in [0.15, 0.2) is 0 Å². The molecule has 1 aromatic heterocycles. The monoisotopic (exact) mass is 292 g/mol. The molecule has 1 heterocycles. The average molecular weight is 292 g/mol. The van der Waals surface area contributed by atoms with Gasteiger partial charge in [-0.2, -0.15) is 0 Å².